The van der Waals surface area contributed by atoms with Crippen molar-refractivity contribution in [1.82, 2.24) is 16.2 Å². The Kier molecular flexibility index (Phi) is 4.34. The molecule has 6 nitrogen and oxygen atoms in total. The Labute approximate surface area is 116 Å². The van der Waals surface area contributed by atoms with Crippen LogP contribution in [0.15, 0.2) is 24.3 Å². The molecule has 0 atom stereocenters. The van der Waals surface area contributed by atoms with Gasteiger partial charge in [-0.15, -0.1) is 0 Å². The summed E-state index contributed by atoms with van der Waals surface area (Å²) in [5, 5.41) is 2.52. The third-order valence-corrected chi connectivity index (χ3v) is 3.08. The topological polar surface area (TPSA) is 87.3 Å². The van der Waals surface area contributed by atoms with Gasteiger partial charge in [0.2, 0.25) is 5.91 Å². The van der Waals surface area contributed by atoms with Gasteiger partial charge >= 0.3 is 0 Å². The van der Waals surface area contributed by atoms with Crippen molar-refractivity contribution in [3.05, 3.63) is 35.4 Å². The van der Waals surface area contributed by atoms with Crippen LogP contribution < -0.4 is 16.2 Å². The number of carbonyl (C=O) groups excluding carboxylic acids is 3. The van der Waals surface area contributed by atoms with Crippen LogP contribution in [0.2, 0.25) is 0 Å². The molecule has 20 heavy (non-hydrogen) atoms. The van der Waals surface area contributed by atoms with Crippen molar-refractivity contribution in [3.8, 4) is 0 Å². The van der Waals surface area contributed by atoms with Crippen molar-refractivity contribution in [2.75, 3.05) is 6.54 Å². The summed E-state index contributed by atoms with van der Waals surface area (Å²) in [4.78, 5) is 34.6. The van der Waals surface area contributed by atoms with Crippen LogP contribution in [-0.2, 0) is 9.59 Å². The summed E-state index contributed by atoms with van der Waals surface area (Å²) < 4.78 is 0. The zero-order valence-corrected chi connectivity index (χ0v) is 11.2. The third kappa shape index (κ3) is 3.81. The fourth-order valence-corrected chi connectivity index (χ4v) is 1.72. The Morgan fingerprint density at radius 1 is 1.15 bits per heavy atom. The second kappa shape index (κ2) is 6.18. The summed E-state index contributed by atoms with van der Waals surface area (Å²) in [6.07, 6.45) is 1.77. The van der Waals surface area contributed by atoms with Gasteiger partial charge in [0.15, 0.2) is 0 Å². The molecule has 1 aromatic carbocycles. The Hall–Kier alpha value is -2.37. The van der Waals surface area contributed by atoms with E-state index in [4.69, 9.17) is 0 Å². The Bertz CT molecular complexity index is 538. The van der Waals surface area contributed by atoms with Gasteiger partial charge < -0.3 is 5.32 Å². The highest BCUT2D eigenvalue weighted by Crippen LogP contribution is 2.28. The van der Waals surface area contributed by atoms with Crippen LogP contribution in [0.4, 0.5) is 0 Å². The number of hydrogen-bond acceptors (Lipinski definition) is 3. The quantitative estimate of drug-likeness (QED) is 0.690. The second-order valence-electron chi connectivity index (χ2n) is 4.81. The van der Waals surface area contributed by atoms with Crippen molar-refractivity contribution in [2.24, 2.45) is 5.92 Å². The Morgan fingerprint density at radius 3 is 2.50 bits per heavy atom. The molecule has 3 amide bonds. The zero-order chi connectivity index (χ0) is 14.5. The number of aryl methyl sites for hydroxylation is 1. The number of rotatable bonds is 4. The van der Waals surface area contributed by atoms with Gasteiger partial charge in [0.05, 0.1) is 6.54 Å². The van der Waals surface area contributed by atoms with Crippen molar-refractivity contribution in [1.29, 1.82) is 0 Å². The first-order valence-corrected chi connectivity index (χ1v) is 6.50. The molecule has 0 aliphatic heterocycles. The van der Waals surface area contributed by atoms with Gasteiger partial charge in [-0.2, -0.15) is 0 Å². The average Bonchev–Trinajstić information content (AvgIpc) is 3.27. The highest BCUT2D eigenvalue weighted by atomic mass is 16.2. The molecule has 3 N–H and O–H groups in total. The van der Waals surface area contributed by atoms with Crippen LogP contribution in [0.5, 0.6) is 0 Å². The van der Waals surface area contributed by atoms with Crippen LogP contribution >= 0.6 is 0 Å². The van der Waals surface area contributed by atoms with Crippen LogP contribution in [0.1, 0.15) is 28.8 Å². The van der Waals surface area contributed by atoms with E-state index in [2.05, 4.69) is 16.2 Å². The largest absolute Gasteiger partial charge is 0.347 e. The summed E-state index contributed by atoms with van der Waals surface area (Å²) in [5.41, 5.74) is 5.90. The molecule has 0 bridgehead atoms. The van der Waals surface area contributed by atoms with E-state index in [0.717, 1.165) is 18.4 Å². The summed E-state index contributed by atoms with van der Waals surface area (Å²) in [6.45, 7) is 1.68. The van der Waals surface area contributed by atoms with E-state index < -0.39 is 5.91 Å². The summed E-state index contributed by atoms with van der Waals surface area (Å²) in [7, 11) is 0. The van der Waals surface area contributed by atoms with E-state index in [0.29, 0.717) is 5.56 Å². The SMILES string of the molecule is Cc1ccccc1C(=O)NNC(=O)CNC(=O)C1CC1. The number of benzene rings is 1. The van der Waals surface area contributed by atoms with Gasteiger partial charge in [0, 0.05) is 11.5 Å². The second-order valence-corrected chi connectivity index (χ2v) is 4.81. The molecule has 1 aromatic rings. The molecule has 1 saturated carbocycles. The van der Waals surface area contributed by atoms with E-state index in [1.807, 2.05) is 19.1 Å². The molecular weight excluding hydrogens is 258 g/mol. The van der Waals surface area contributed by atoms with Crippen LogP contribution in [0.3, 0.4) is 0 Å². The fourth-order valence-electron chi connectivity index (χ4n) is 1.72. The molecular formula is C14H17N3O3. The predicted octanol–water partition coefficient (Wildman–Crippen LogP) is 0.282. The zero-order valence-electron chi connectivity index (χ0n) is 11.2. The van der Waals surface area contributed by atoms with Gasteiger partial charge in [0.25, 0.3) is 11.8 Å². The number of amides is 3. The molecule has 1 aliphatic rings. The lowest BCUT2D eigenvalue weighted by atomic mass is 10.1. The van der Waals surface area contributed by atoms with Crippen molar-refractivity contribution >= 4 is 17.7 Å². The highest BCUT2D eigenvalue weighted by molar-refractivity contribution is 5.97. The van der Waals surface area contributed by atoms with Gasteiger partial charge in [0.1, 0.15) is 0 Å². The molecule has 1 fully saturated rings. The molecule has 6 heteroatoms. The van der Waals surface area contributed by atoms with E-state index in [1.165, 1.54) is 0 Å². The van der Waals surface area contributed by atoms with E-state index in [9.17, 15) is 14.4 Å². The van der Waals surface area contributed by atoms with Crippen molar-refractivity contribution in [3.63, 3.8) is 0 Å². The smallest absolute Gasteiger partial charge is 0.269 e. The molecule has 0 saturated heterocycles. The predicted molar refractivity (Wildman–Crippen MR) is 72.5 cm³/mol. The molecule has 1 aliphatic carbocycles. The average molecular weight is 275 g/mol. The molecule has 2 rings (SSSR count). The van der Waals surface area contributed by atoms with Crippen molar-refractivity contribution < 1.29 is 14.4 Å². The maximum absolute atomic E-state index is 11.8. The monoisotopic (exact) mass is 275 g/mol. The van der Waals surface area contributed by atoms with Crippen LogP contribution in [0.25, 0.3) is 0 Å². The lowest BCUT2D eigenvalue weighted by Crippen LogP contribution is -2.46. The molecule has 0 heterocycles. The first kappa shape index (κ1) is 14.0. The van der Waals surface area contributed by atoms with Gasteiger partial charge in [-0.25, -0.2) is 0 Å². The summed E-state index contributed by atoms with van der Waals surface area (Å²) in [6, 6.07) is 7.07. The van der Waals surface area contributed by atoms with E-state index in [-0.39, 0.29) is 24.3 Å². The fraction of sp³-hybridized carbons (Fsp3) is 0.357. The molecule has 0 spiro atoms. The first-order valence-electron chi connectivity index (χ1n) is 6.50. The minimum Gasteiger partial charge on any atom is -0.347 e. The number of hydrazine groups is 1. The summed E-state index contributed by atoms with van der Waals surface area (Å²) >= 11 is 0. The third-order valence-electron chi connectivity index (χ3n) is 3.08. The first-order chi connectivity index (χ1) is 9.58. The molecule has 0 aromatic heterocycles. The molecule has 0 radical (unpaired) electrons. The summed E-state index contributed by atoms with van der Waals surface area (Å²) in [5.74, 6) is -0.888. The van der Waals surface area contributed by atoms with E-state index in [1.54, 1.807) is 12.1 Å². The number of carbonyl (C=O) groups is 3. The minimum atomic E-state index is -0.457. The number of nitrogens with one attached hydrogen (secondary N) is 3. The minimum absolute atomic E-state index is 0.0596. The lowest BCUT2D eigenvalue weighted by molar-refractivity contribution is -0.127. The maximum atomic E-state index is 11.8. The Balaban J connectivity index is 1.74. The van der Waals surface area contributed by atoms with Crippen LogP contribution in [-0.4, -0.2) is 24.3 Å². The molecule has 0 unspecified atom stereocenters. The van der Waals surface area contributed by atoms with E-state index >= 15 is 0 Å². The highest BCUT2D eigenvalue weighted by Gasteiger charge is 2.29. The van der Waals surface area contributed by atoms with Crippen LogP contribution in [0, 0.1) is 12.8 Å². The molecule has 106 valence electrons. The van der Waals surface area contributed by atoms with Gasteiger partial charge in [-0.05, 0) is 31.4 Å². The van der Waals surface area contributed by atoms with Crippen molar-refractivity contribution in [2.45, 2.75) is 19.8 Å². The van der Waals surface area contributed by atoms with Gasteiger partial charge in [-0.1, -0.05) is 18.2 Å². The maximum Gasteiger partial charge on any atom is 0.269 e. The normalized spacial score (nSPS) is 13.4. The standard InChI is InChI=1S/C14H17N3O3/c1-9-4-2-3-5-11(9)14(20)17-16-12(18)8-15-13(19)10-6-7-10/h2-5,10H,6-8H2,1H3,(H,15,19)(H,16,18)(H,17,20). The lowest BCUT2D eigenvalue weighted by Gasteiger charge is -2.09. The Morgan fingerprint density at radius 2 is 1.85 bits per heavy atom. The number of hydrogen-bond donors (Lipinski definition) is 3. The van der Waals surface area contributed by atoms with Gasteiger partial charge in [-0.3, -0.25) is 25.2 Å².